The molecular formula is C13H9NO3. The summed E-state index contributed by atoms with van der Waals surface area (Å²) in [5.74, 6) is -1.04. The zero-order valence-corrected chi connectivity index (χ0v) is 8.83. The number of aromatic nitrogens is 1. The summed E-state index contributed by atoms with van der Waals surface area (Å²) in [5.41, 5.74) is 1.91. The molecule has 1 aromatic heterocycles. The van der Waals surface area contributed by atoms with Crippen LogP contribution in [0.2, 0.25) is 0 Å². The van der Waals surface area contributed by atoms with E-state index in [1.54, 1.807) is 24.3 Å². The number of carboxylic acid groups (broad SMARTS) is 1. The lowest BCUT2D eigenvalue weighted by atomic mass is 10.0. The summed E-state index contributed by atoms with van der Waals surface area (Å²) in [6.07, 6.45) is 3.55. The van der Waals surface area contributed by atoms with E-state index in [4.69, 9.17) is 5.11 Å². The molecule has 0 unspecified atom stereocenters. The Labute approximate surface area is 97.6 Å². The predicted molar refractivity (Wildman–Crippen MR) is 62.0 cm³/mol. The molecule has 4 heteroatoms. The van der Waals surface area contributed by atoms with Crippen LogP contribution in [0.25, 0.3) is 11.1 Å². The number of benzene rings is 1. The van der Waals surface area contributed by atoms with E-state index in [-0.39, 0.29) is 5.56 Å². The third kappa shape index (κ3) is 2.20. The van der Waals surface area contributed by atoms with Crippen molar-refractivity contribution in [2.75, 3.05) is 0 Å². The van der Waals surface area contributed by atoms with Gasteiger partial charge in [0.2, 0.25) is 0 Å². The molecule has 4 nitrogen and oxygen atoms in total. The molecule has 0 bridgehead atoms. The Morgan fingerprint density at radius 1 is 1.24 bits per heavy atom. The number of carboxylic acids is 1. The lowest BCUT2D eigenvalue weighted by molar-refractivity contribution is 0.0696. The number of hydrogen-bond donors (Lipinski definition) is 1. The van der Waals surface area contributed by atoms with Crippen molar-refractivity contribution in [2.24, 2.45) is 0 Å². The molecule has 2 aromatic rings. The highest BCUT2D eigenvalue weighted by molar-refractivity contribution is 5.91. The van der Waals surface area contributed by atoms with Gasteiger partial charge in [-0.2, -0.15) is 0 Å². The standard InChI is InChI=1S/C13H9NO3/c15-8-9-3-1-2-4-12(9)10-5-11(13(16)17)7-14-6-10/h1-8H,(H,16,17). The van der Waals surface area contributed by atoms with Crippen molar-refractivity contribution in [3.05, 3.63) is 53.9 Å². The summed E-state index contributed by atoms with van der Waals surface area (Å²) in [4.78, 5) is 25.6. The van der Waals surface area contributed by atoms with Gasteiger partial charge in [0.15, 0.2) is 6.29 Å². The van der Waals surface area contributed by atoms with E-state index in [1.807, 2.05) is 0 Å². The minimum Gasteiger partial charge on any atom is -0.478 e. The molecule has 2 rings (SSSR count). The highest BCUT2D eigenvalue weighted by Crippen LogP contribution is 2.22. The minimum absolute atomic E-state index is 0.100. The molecule has 0 saturated carbocycles. The first-order valence-corrected chi connectivity index (χ1v) is 4.95. The lowest BCUT2D eigenvalue weighted by Gasteiger charge is -2.04. The molecule has 0 amide bonds. The van der Waals surface area contributed by atoms with Crippen molar-refractivity contribution in [2.45, 2.75) is 0 Å². The van der Waals surface area contributed by atoms with Crippen LogP contribution >= 0.6 is 0 Å². The Bertz CT molecular complexity index is 578. The SMILES string of the molecule is O=Cc1ccccc1-c1cncc(C(=O)O)c1. The number of aromatic carboxylic acids is 1. The molecule has 1 aromatic carbocycles. The maximum atomic E-state index is 10.9. The summed E-state index contributed by atoms with van der Waals surface area (Å²) >= 11 is 0. The van der Waals surface area contributed by atoms with Crippen molar-refractivity contribution < 1.29 is 14.7 Å². The largest absolute Gasteiger partial charge is 0.478 e. The number of hydrogen-bond acceptors (Lipinski definition) is 3. The van der Waals surface area contributed by atoms with E-state index in [9.17, 15) is 9.59 Å². The summed E-state index contributed by atoms with van der Waals surface area (Å²) in [6, 6.07) is 8.47. The van der Waals surface area contributed by atoms with Crippen LogP contribution in [0.5, 0.6) is 0 Å². The number of nitrogens with zero attached hydrogens (tertiary/aromatic N) is 1. The molecule has 0 saturated heterocycles. The van der Waals surface area contributed by atoms with Gasteiger partial charge in [0.25, 0.3) is 0 Å². The average molecular weight is 227 g/mol. The van der Waals surface area contributed by atoms with Gasteiger partial charge in [0.1, 0.15) is 0 Å². The van der Waals surface area contributed by atoms with Gasteiger partial charge in [-0.25, -0.2) is 4.79 Å². The molecule has 0 aliphatic heterocycles. The Morgan fingerprint density at radius 3 is 2.71 bits per heavy atom. The van der Waals surface area contributed by atoms with E-state index in [0.29, 0.717) is 16.7 Å². The smallest absolute Gasteiger partial charge is 0.337 e. The van der Waals surface area contributed by atoms with Gasteiger partial charge in [-0.15, -0.1) is 0 Å². The second-order valence-electron chi connectivity index (χ2n) is 3.47. The normalized spacial score (nSPS) is 9.88. The molecular weight excluding hydrogens is 218 g/mol. The first-order chi connectivity index (χ1) is 8.22. The zero-order valence-electron chi connectivity index (χ0n) is 8.83. The van der Waals surface area contributed by atoms with Crippen LogP contribution in [0.15, 0.2) is 42.7 Å². The van der Waals surface area contributed by atoms with Gasteiger partial charge in [-0.1, -0.05) is 24.3 Å². The van der Waals surface area contributed by atoms with E-state index < -0.39 is 5.97 Å². The van der Waals surface area contributed by atoms with Crippen molar-refractivity contribution in [1.29, 1.82) is 0 Å². The minimum atomic E-state index is -1.04. The topological polar surface area (TPSA) is 67.3 Å². The monoisotopic (exact) mass is 227 g/mol. The Morgan fingerprint density at radius 2 is 2.00 bits per heavy atom. The molecule has 1 heterocycles. The van der Waals surface area contributed by atoms with E-state index in [0.717, 1.165) is 6.29 Å². The molecule has 0 spiro atoms. The van der Waals surface area contributed by atoms with Gasteiger partial charge in [-0.3, -0.25) is 9.78 Å². The van der Waals surface area contributed by atoms with Gasteiger partial charge in [-0.05, 0) is 11.6 Å². The van der Waals surface area contributed by atoms with Gasteiger partial charge in [0, 0.05) is 23.5 Å². The van der Waals surface area contributed by atoms with Crippen LogP contribution in [0.1, 0.15) is 20.7 Å². The van der Waals surface area contributed by atoms with Crippen LogP contribution in [0.3, 0.4) is 0 Å². The third-order valence-corrected chi connectivity index (χ3v) is 2.38. The Kier molecular flexibility index (Phi) is 2.96. The molecule has 0 aliphatic carbocycles. The van der Waals surface area contributed by atoms with E-state index >= 15 is 0 Å². The van der Waals surface area contributed by atoms with Crippen LogP contribution in [-0.2, 0) is 0 Å². The number of rotatable bonds is 3. The molecule has 17 heavy (non-hydrogen) atoms. The van der Waals surface area contributed by atoms with E-state index in [2.05, 4.69) is 4.98 Å². The molecule has 0 fully saturated rings. The van der Waals surface area contributed by atoms with E-state index in [1.165, 1.54) is 18.5 Å². The van der Waals surface area contributed by atoms with Gasteiger partial charge < -0.3 is 5.11 Å². The van der Waals surface area contributed by atoms with Crippen molar-refractivity contribution >= 4 is 12.3 Å². The second-order valence-corrected chi connectivity index (χ2v) is 3.47. The Balaban J connectivity index is 2.56. The summed E-state index contributed by atoms with van der Waals surface area (Å²) in [7, 11) is 0. The number of pyridine rings is 1. The first-order valence-electron chi connectivity index (χ1n) is 4.95. The van der Waals surface area contributed by atoms with Gasteiger partial charge >= 0.3 is 5.97 Å². The molecule has 0 radical (unpaired) electrons. The summed E-state index contributed by atoms with van der Waals surface area (Å²) < 4.78 is 0. The number of carbonyl (C=O) groups is 2. The first kappa shape index (κ1) is 11.0. The summed E-state index contributed by atoms with van der Waals surface area (Å²) in [6.45, 7) is 0. The van der Waals surface area contributed by atoms with Gasteiger partial charge in [0.05, 0.1) is 5.56 Å². The highest BCUT2D eigenvalue weighted by Gasteiger charge is 2.08. The zero-order chi connectivity index (χ0) is 12.3. The Hall–Kier alpha value is -2.49. The maximum Gasteiger partial charge on any atom is 0.337 e. The van der Waals surface area contributed by atoms with Crippen molar-refractivity contribution in [3.8, 4) is 11.1 Å². The fourth-order valence-electron chi connectivity index (χ4n) is 1.57. The second kappa shape index (κ2) is 4.57. The number of aldehydes is 1. The lowest BCUT2D eigenvalue weighted by Crippen LogP contribution is -1.98. The van der Waals surface area contributed by atoms with Crippen LogP contribution < -0.4 is 0 Å². The third-order valence-electron chi connectivity index (χ3n) is 2.38. The maximum absolute atomic E-state index is 10.9. The van der Waals surface area contributed by atoms with Crippen molar-refractivity contribution in [1.82, 2.24) is 4.98 Å². The highest BCUT2D eigenvalue weighted by atomic mass is 16.4. The molecule has 0 aliphatic rings. The fraction of sp³-hybridized carbons (Fsp3) is 0. The molecule has 84 valence electrons. The average Bonchev–Trinajstić information content (AvgIpc) is 2.39. The summed E-state index contributed by atoms with van der Waals surface area (Å²) in [5, 5.41) is 8.87. The predicted octanol–water partition coefficient (Wildman–Crippen LogP) is 2.26. The van der Waals surface area contributed by atoms with Crippen LogP contribution in [-0.4, -0.2) is 22.3 Å². The molecule has 1 N–H and O–H groups in total. The van der Waals surface area contributed by atoms with Crippen molar-refractivity contribution in [3.63, 3.8) is 0 Å². The quantitative estimate of drug-likeness (QED) is 0.816. The number of carbonyl (C=O) groups excluding carboxylic acids is 1. The van der Waals surface area contributed by atoms with Crippen LogP contribution in [0.4, 0.5) is 0 Å². The van der Waals surface area contributed by atoms with Crippen LogP contribution in [0, 0.1) is 0 Å². The fourth-order valence-corrected chi connectivity index (χ4v) is 1.57. The molecule has 0 atom stereocenters.